The minimum absolute atomic E-state index is 0.0111. The van der Waals surface area contributed by atoms with E-state index < -0.39 is 0 Å². The highest BCUT2D eigenvalue weighted by Gasteiger charge is 2.14. The van der Waals surface area contributed by atoms with Gasteiger partial charge in [0.05, 0.1) is 0 Å². The number of benzene rings is 1. The Labute approximate surface area is 136 Å². The van der Waals surface area contributed by atoms with E-state index in [1.54, 1.807) is 12.4 Å². The molecule has 0 fully saturated rings. The van der Waals surface area contributed by atoms with Crippen molar-refractivity contribution in [1.82, 2.24) is 9.88 Å². The predicted molar refractivity (Wildman–Crippen MR) is 89.9 cm³/mol. The van der Waals surface area contributed by atoms with Crippen molar-refractivity contribution < 1.29 is 9.59 Å². The molecule has 0 aliphatic carbocycles. The Kier molecular flexibility index (Phi) is 5.46. The fourth-order valence-corrected chi connectivity index (χ4v) is 2.18. The van der Waals surface area contributed by atoms with Crippen LogP contribution in [0.2, 0.25) is 0 Å². The zero-order valence-electron chi connectivity index (χ0n) is 13.7. The Balaban J connectivity index is 2.00. The third-order valence-electron chi connectivity index (χ3n) is 3.67. The fraction of sp³-hybridized carbons (Fsp3) is 0.278. The van der Waals surface area contributed by atoms with Crippen molar-refractivity contribution >= 4 is 17.5 Å². The number of anilines is 1. The number of hydrogen-bond acceptors (Lipinski definition) is 3. The zero-order valence-corrected chi connectivity index (χ0v) is 13.7. The van der Waals surface area contributed by atoms with Gasteiger partial charge in [-0.1, -0.05) is 12.1 Å². The van der Waals surface area contributed by atoms with E-state index in [0.717, 1.165) is 16.8 Å². The summed E-state index contributed by atoms with van der Waals surface area (Å²) < 4.78 is 0. The standard InChI is InChI=1S/C18H21N3O2/c1-13-6-7-17(9-14(13)2)20-18(23)12-21(15(3)22)11-16-5-4-8-19-10-16/h4-10H,11-12H2,1-3H3,(H,20,23). The largest absolute Gasteiger partial charge is 0.329 e. The third-order valence-corrected chi connectivity index (χ3v) is 3.67. The Morgan fingerprint density at radius 3 is 2.57 bits per heavy atom. The molecule has 23 heavy (non-hydrogen) atoms. The first-order valence-corrected chi connectivity index (χ1v) is 7.47. The first kappa shape index (κ1) is 16.7. The van der Waals surface area contributed by atoms with Crippen LogP contribution in [-0.2, 0) is 16.1 Å². The molecule has 2 rings (SSSR count). The van der Waals surface area contributed by atoms with Crippen LogP contribution in [-0.4, -0.2) is 28.2 Å². The number of aromatic nitrogens is 1. The average Bonchev–Trinajstić information content (AvgIpc) is 2.51. The normalized spacial score (nSPS) is 10.2. The highest BCUT2D eigenvalue weighted by atomic mass is 16.2. The lowest BCUT2D eigenvalue weighted by Crippen LogP contribution is -2.36. The number of nitrogens with zero attached hydrogens (tertiary/aromatic N) is 2. The van der Waals surface area contributed by atoms with Gasteiger partial charge in [-0.15, -0.1) is 0 Å². The summed E-state index contributed by atoms with van der Waals surface area (Å²) in [5, 5.41) is 2.83. The average molecular weight is 311 g/mol. The zero-order chi connectivity index (χ0) is 16.8. The van der Waals surface area contributed by atoms with Crippen LogP contribution in [0.15, 0.2) is 42.7 Å². The SMILES string of the molecule is CC(=O)N(CC(=O)Nc1ccc(C)c(C)c1)Cc1cccnc1. The van der Waals surface area contributed by atoms with Crippen molar-refractivity contribution in [2.24, 2.45) is 0 Å². The number of carbonyl (C=O) groups is 2. The van der Waals surface area contributed by atoms with Crippen molar-refractivity contribution in [2.75, 3.05) is 11.9 Å². The van der Waals surface area contributed by atoms with Crippen LogP contribution < -0.4 is 5.32 Å². The number of hydrogen-bond donors (Lipinski definition) is 1. The molecule has 0 saturated heterocycles. The topological polar surface area (TPSA) is 62.3 Å². The Bertz CT molecular complexity index is 699. The molecule has 1 N–H and O–H groups in total. The summed E-state index contributed by atoms with van der Waals surface area (Å²) in [4.78, 5) is 29.5. The summed E-state index contributed by atoms with van der Waals surface area (Å²) >= 11 is 0. The molecule has 0 atom stereocenters. The van der Waals surface area contributed by atoms with E-state index in [0.29, 0.717) is 6.54 Å². The third kappa shape index (κ3) is 4.92. The van der Waals surface area contributed by atoms with E-state index >= 15 is 0 Å². The van der Waals surface area contributed by atoms with Crippen LogP contribution in [0.4, 0.5) is 5.69 Å². The van der Waals surface area contributed by atoms with E-state index in [1.165, 1.54) is 17.4 Å². The molecule has 1 heterocycles. The Morgan fingerprint density at radius 2 is 1.96 bits per heavy atom. The number of aryl methyl sites for hydroxylation is 2. The summed E-state index contributed by atoms with van der Waals surface area (Å²) in [7, 11) is 0. The van der Waals surface area contributed by atoms with E-state index in [1.807, 2.05) is 44.2 Å². The van der Waals surface area contributed by atoms with Gasteiger partial charge in [0.15, 0.2) is 0 Å². The molecule has 0 aliphatic rings. The first-order chi connectivity index (χ1) is 11.0. The summed E-state index contributed by atoms with van der Waals surface area (Å²) in [5.74, 6) is -0.364. The molecular weight excluding hydrogens is 290 g/mol. The maximum Gasteiger partial charge on any atom is 0.244 e. The van der Waals surface area contributed by atoms with Crippen LogP contribution in [0.25, 0.3) is 0 Å². The smallest absolute Gasteiger partial charge is 0.244 e. The molecule has 0 spiro atoms. The molecule has 2 aromatic rings. The number of nitrogens with one attached hydrogen (secondary N) is 1. The molecule has 5 nitrogen and oxygen atoms in total. The summed E-state index contributed by atoms with van der Waals surface area (Å²) in [6.07, 6.45) is 3.37. The molecule has 2 amide bonds. The van der Waals surface area contributed by atoms with E-state index in [-0.39, 0.29) is 18.4 Å². The second-order valence-corrected chi connectivity index (χ2v) is 5.58. The van der Waals surface area contributed by atoms with Gasteiger partial charge < -0.3 is 10.2 Å². The maximum absolute atomic E-state index is 12.2. The number of rotatable bonds is 5. The maximum atomic E-state index is 12.2. The highest BCUT2D eigenvalue weighted by Crippen LogP contribution is 2.14. The molecule has 0 unspecified atom stereocenters. The predicted octanol–water partition coefficient (Wildman–Crippen LogP) is 2.69. The van der Waals surface area contributed by atoms with Crippen molar-refractivity contribution in [3.05, 3.63) is 59.4 Å². The van der Waals surface area contributed by atoms with Gasteiger partial charge in [0.1, 0.15) is 6.54 Å². The summed E-state index contributed by atoms with van der Waals surface area (Å²) in [6, 6.07) is 9.43. The van der Waals surface area contributed by atoms with Crippen molar-refractivity contribution in [2.45, 2.75) is 27.3 Å². The monoisotopic (exact) mass is 311 g/mol. The molecular formula is C18H21N3O2. The molecule has 120 valence electrons. The molecule has 1 aromatic carbocycles. The van der Waals surface area contributed by atoms with Crippen LogP contribution in [0, 0.1) is 13.8 Å². The van der Waals surface area contributed by atoms with Gasteiger partial charge in [-0.25, -0.2) is 0 Å². The second-order valence-electron chi connectivity index (χ2n) is 5.58. The molecule has 0 bridgehead atoms. The lowest BCUT2D eigenvalue weighted by Gasteiger charge is -2.20. The van der Waals surface area contributed by atoms with E-state index in [9.17, 15) is 9.59 Å². The summed E-state index contributed by atoms with van der Waals surface area (Å²) in [6.45, 7) is 5.85. The molecule has 0 aliphatic heterocycles. The van der Waals surface area contributed by atoms with Crippen molar-refractivity contribution in [3.63, 3.8) is 0 Å². The van der Waals surface area contributed by atoms with Gasteiger partial charge in [-0.2, -0.15) is 0 Å². The number of amides is 2. The second kappa shape index (κ2) is 7.54. The summed E-state index contributed by atoms with van der Waals surface area (Å²) in [5.41, 5.74) is 3.91. The van der Waals surface area contributed by atoms with Gasteiger partial charge >= 0.3 is 0 Å². The van der Waals surface area contributed by atoms with Crippen LogP contribution in [0.1, 0.15) is 23.6 Å². The van der Waals surface area contributed by atoms with E-state index in [2.05, 4.69) is 10.3 Å². The lowest BCUT2D eigenvalue weighted by atomic mass is 10.1. The quantitative estimate of drug-likeness (QED) is 0.923. The molecule has 0 saturated carbocycles. The van der Waals surface area contributed by atoms with Crippen LogP contribution in [0.5, 0.6) is 0 Å². The van der Waals surface area contributed by atoms with Gasteiger partial charge in [0.2, 0.25) is 11.8 Å². The van der Waals surface area contributed by atoms with E-state index in [4.69, 9.17) is 0 Å². The van der Waals surface area contributed by atoms with Crippen molar-refractivity contribution in [3.8, 4) is 0 Å². The minimum atomic E-state index is -0.215. The number of carbonyl (C=O) groups excluding carboxylic acids is 2. The molecule has 0 radical (unpaired) electrons. The van der Waals surface area contributed by atoms with Crippen LogP contribution in [0.3, 0.4) is 0 Å². The Morgan fingerprint density at radius 1 is 1.17 bits per heavy atom. The minimum Gasteiger partial charge on any atom is -0.329 e. The Hall–Kier alpha value is -2.69. The van der Waals surface area contributed by atoms with Gasteiger partial charge in [0.25, 0.3) is 0 Å². The van der Waals surface area contributed by atoms with Gasteiger partial charge in [0, 0.05) is 31.5 Å². The number of pyridine rings is 1. The molecule has 1 aromatic heterocycles. The van der Waals surface area contributed by atoms with Crippen molar-refractivity contribution in [1.29, 1.82) is 0 Å². The molecule has 5 heteroatoms. The first-order valence-electron chi connectivity index (χ1n) is 7.47. The van der Waals surface area contributed by atoms with Gasteiger partial charge in [-0.3, -0.25) is 14.6 Å². The fourth-order valence-electron chi connectivity index (χ4n) is 2.18. The van der Waals surface area contributed by atoms with Crippen LogP contribution >= 0.6 is 0 Å². The highest BCUT2D eigenvalue weighted by molar-refractivity contribution is 5.94. The lowest BCUT2D eigenvalue weighted by molar-refractivity contribution is -0.133. The van der Waals surface area contributed by atoms with Gasteiger partial charge in [-0.05, 0) is 48.7 Å².